The quantitative estimate of drug-likeness (QED) is 0.901. The molecule has 0 spiro atoms. The minimum Gasteiger partial charge on any atom is -0.495 e. The summed E-state index contributed by atoms with van der Waals surface area (Å²) in [6.07, 6.45) is 1.67. The number of ether oxygens (including phenoxy) is 1. The summed E-state index contributed by atoms with van der Waals surface area (Å²) in [6.45, 7) is 5.91. The minimum absolute atomic E-state index is 0.00591. The van der Waals surface area contributed by atoms with E-state index in [1.165, 1.54) is 7.11 Å². The molecule has 0 saturated carbocycles. The van der Waals surface area contributed by atoms with E-state index in [1.54, 1.807) is 12.1 Å². The lowest BCUT2D eigenvalue weighted by Gasteiger charge is -2.29. The normalized spacial score (nSPS) is 17.9. The van der Waals surface area contributed by atoms with E-state index >= 15 is 0 Å². The molecule has 0 atom stereocenters. The Morgan fingerprint density at radius 3 is 2.45 bits per heavy atom. The van der Waals surface area contributed by atoms with Gasteiger partial charge >= 0.3 is 0 Å². The number of nitrogens with one attached hydrogen (secondary N) is 1. The second-order valence-corrected chi connectivity index (χ2v) is 7.95. The molecule has 6 heteroatoms. The number of sulfonamides is 1. The van der Waals surface area contributed by atoms with Crippen molar-refractivity contribution in [3.63, 3.8) is 0 Å². The average molecular weight is 326 g/mol. The first-order valence-electron chi connectivity index (χ1n) is 7.72. The highest BCUT2D eigenvalue weighted by atomic mass is 32.2. The van der Waals surface area contributed by atoms with Gasteiger partial charge in [-0.3, -0.25) is 0 Å². The van der Waals surface area contributed by atoms with Crippen LogP contribution in [0.25, 0.3) is 0 Å². The van der Waals surface area contributed by atoms with Crippen LogP contribution in [-0.2, 0) is 10.0 Å². The highest BCUT2D eigenvalue weighted by Crippen LogP contribution is 2.28. The zero-order valence-corrected chi connectivity index (χ0v) is 14.6. The van der Waals surface area contributed by atoms with Gasteiger partial charge in [0.05, 0.1) is 7.11 Å². The van der Waals surface area contributed by atoms with Gasteiger partial charge in [0.2, 0.25) is 10.0 Å². The molecule has 1 N–H and O–H groups in total. The fourth-order valence-electron chi connectivity index (χ4n) is 2.67. The van der Waals surface area contributed by atoms with Gasteiger partial charge in [-0.25, -0.2) is 13.1 Å². The van der Waals surface area contributed by atoms with Gasteiger partial charge in [0.25, 0.3) is 0 Å². The Kier molecular flexibility index (Phi) is 5.47. The molecule has 0 unspecified atom stereocenters. The predicted octanol–water partition coefficient (Wildman–Crippen LogP) is 2.19. The van der Waals surface area contributed by atoms with Crippen molar-refractivity contribution in [2.24, 2.45) is 0 Å². The Labute approximate surface area is 133 Å². The molecule has 1 saturated heterocycles. The van der Waals surface area contributed by atoms with E-state index in [9.17, 15) is 8.42 Å². The molecule has 0 aromatic heterocycles. The van der Waals surface area contributed by atoms with Crippen molar-refractivity contribution in [3.05, 3.63) is 23.8 Å². The molecule has 1 aliphatic rings. The van der Waals surface area contributed by atoms with Crippen LogP contribution in [-0.4, -0.2) is 46.6 Å². The summed E-state index contributed by atoms with van der Waals surface area (Å²) in [5.41, 5.74) is 0.990. The molecule has 5 nitrogen and oxygen atoms in total. The molecule has 1 aliphatic heterocycles. The van der Waals surface area contributed by atoms with E-state index in [4.69, 9.17) is 4.74 Å². The smallest absolute Gasteiger partial charge is 0.244 e. The summed E-state index contributed by atoms with van der Waals surface area (Å²) in [4.78, 5) is 2.45. The van der Waals surface area contributed by atoms with E-state index in [-0.39, 0.29) is 16.9 Å². The predicted molar refractivity (Wildman–Crippen MR) is 87.9 cm³/mol. The number of hydrogen-bond acceptors (Lipinski definition) is 4. The van der Waals surface area contributed by atoms with Crippen molar-refractivity contribution in [3.8, 4) is 5.75 Å². The molecule has 1 aromatic rings. The molecule has 2 rings (SSSR count). The highest BCUT2D eigenvalue weighted by molar-refractivity contribution is 7.89. The second-order valence-electron chi connectivity index (χ2n) is 6.26. The molecule has 0 aliphatic carbocycles. The van der Waals surface area contributed by atoms with Crippen LogP contribution in [0.2, 0.25) is 0 Å². The summed E-state index contributed by atoms with van der Waals surface area (Å²) in [6, 6.07) is 5.37. The van der Waals surface area contributed by atoms with E-state index in [2.05, 4.69) is 16.7 Å². The number of nitrogens with zero attached hydrogens (tertiary/aromatic N) is 1. The second kappa shape index (κ2) is 6.98. The van der Waals surface area contributed by atoms with Crippen molar-refractivity contribution in [2.45, 2.75) is 43.5 Å². The summed E-state index contributed by atoms with van der Waals surface area (Å²) in [5.74, 6) is 0.660. The largest absolute Gasteiger partial charge is 0.495 e. The first kappa shape index (κ1) is 17.2. The van der Waals surface area contributed by atoms with Crippen LogP contribution in [0.5, 0.6) is 5.75 Å². The van der Waals surface area contributed by atoms with Crippen LogP contribution in [0, 0.1) is 0 Å². The van der Waals surface area contributed by atoms with E-state index in [0.29, 0.717) is 5.75 Å². The number of benzene rings is 1. The third-order valence-electron chi connectivity index (χ3n) is 4.18. The van der Waals surface area contributed by atoms with Crippen LogP contribution < -0.4 is 9.46 Å². The summed E-state index contributed by atoms with van der Waals surface area (Å²) in [7, 11) is -0.0153. The van der Waals surface area contributed by atoms with Gasteiger partial charge in [-0.05, 0) is 56.6 Å². The van der Waals surface area contributed by atoms with Gasteiger partial charge in [0.15, 0.2) is 0 Å². The van der Waals surface area contributed by atoms with E-state index in [0.717, 1.165) is 31.5 Å². The first-order chi connectivity index (χ1) is 10.3. The SMILES string of the molecule is COc1ccc(C(C)C)cc1S(=O)(=O)NC1CCN(C)CC1. The molecule has 0 radical (unpaired) electrons. The van der Waals surface area contributed by atoms with Crippen LogP contribution in [0.1, 0.15) is 38.2 Å². The maximum atomic E-state index is 12.7. The van der Waals surface area contributed by atoms with Crippen LogP contribution >= 0.6 is 0 Å². The van der Waals surface area contributed by atoms with Crippen molar-refractivity contribution in [1.82, 2.24) is 9.62 Å². The lowest BCUT2D eigenvalue weighted by atomic mass is 10.0. The standard InChI is InChI=1S/C16H26N2O3S/c1-12(2)13-5-6-15(21-4)16(11-13)22(19,20)17-14-7-9-18(3)10-8-14/h5-6,11-12,14,17H,7-10H2,1-4H3. The molecular weight excluding hydrogens is 300 g/mol. The lowest BCUT2D eigenvalue weighted by Crippen LogP contribution is -2.43. The minimum atomic E-state index is -3.57. The maximum absolute atomic E-state index is 12.7. The van der Waals surface area contributed by atoms with Crippen molar-refractivity contribution >= 4 is 10.0 Å². The lowest BCUT2D eigenvalue weighted by molar-refractivity contribution is 0.248. The molecule has 22 heavy (non-hydrogen) atoms. The van der Waals surface area contributed by atoms with Gasteiger partial charge in [-0.2, -0.15) is 0 Å². The van der Waals surface area contributed by atoms with Gasteiger partial charge in [0.1, 0.15) is 10.6 Å². The Morgan fingerprint density at radius 1 is 1.27 bits per heavy atom. The van der Waals surface area contributed by atoms with Gasteiger partial charge in [-0.1, -0.05) is 19.9 Å². The van der Waals surface area contributed by atoms with Crippen molar-refractivity contribution in [1.29, 1.82) is 0 Å². The molecular formula is C16H26N2O3S. The van der Waals surface area contributed by atoms with Crippen LogP contribution in [0.15, 0.2) is 23.1 Å². The maximum Gasteiger partial charge on any atom is 0.244 e. The average Bonchev–Trinajstić information content (AvgIpc) is 2.48. The first-order valence-corrected chi connectivity index (χ1v) is 9.20. The Balaban J connectivity index is 2.26. The zero-order chi connectivity index (χ0) is 16.3. The van der Waals surface area contributed by atoms with Gasteiger partial charge in [0, 0.05) is 6.04 Å². The monoisotopic (exact) mass is 326 g/mol. The molecule has 1 fully saturated rings. The third-order valence-corrected chi connectivity index (χ3v) is 5.73. The number of piperidine rings is 1. The van der Waals surface area contributed by atoms with Gasteiger partial charge < -0.3 is 9.64 Å². The molecule has 0 amide bonds. The Bertz CT molecular complexity index is 606. The van der Waals surface area contributed by atoms with E-state index in [1.807, 2.05) is 19.9 Å². The highest BCUT2D eigenvalue weighted by Gasteiger charge is 2.26. The summed E-state index contributed by atoms with van der Waals surface area (Å²) < 4.78 is 33.5. The van der Waals surface area contributed by atoms with E-state index < -0.39 is 10.0 Å². The number of hydrogen-bond donors (Lipinski definition) is 1. The van der Waals surface area contributed by atoms with Crippen molar-refractivity contribution in [2.75, 3.05) is 27.2 Å². The molecule has 0 bridgehead atoms. The molecule has 124 valence electrons. The van der Waals surface area contributed by atoms with Crippen LogP contribution in [0.4, 0.5) is 0 Å². The summed E-state index contributed by atoms with van der Waals surface area (Å²) >= 11 is 0. The van der Waals surface area contributed by atoms with Gasteiger partial charge in [-0.15, -0.1) is 0 Å². The zero-order valence-electron chi connectivity index (χ0n) is 13.8. The fourth-order valence-corrected chi connectivity index (χ4v) is 4.18. The topological polar surface area (TPSA) is 58.6 Å². The molecule has 1 aromatic carbocycles. The van der Waals surface area contributed by atoms with Crippen LogP contribution in [0.3, 0.4) is 0 Å². The Morgan fingerprint density at radius 2 is 1.91 bits per heavy atom. The third kappa shape index (κ3) is 4.00. The number of methoxy groups -OCH3 is 1. The molecule has 1 heterocycles. The Hall–Kier alpha value is -1.11. The van der Waals surface area contributed by atoms with Crippen molar-refractivity contribution < 1.29 is 13.2 Å². The summed E-state index contributed by atoms with van der Waals surface area (Å²) in [5, 5.41) is 0. The number of rotatable bonds is 5. The fraction of sp³-hybridized carbons (Fsp3) is 0.625. The number of likely N-dealkylation sites (tertiary alicyclic amines) is 1.